The lowest BCUT2D eigenvalue weighted by Gasteiger charge is -2.07. The van der Waals surface area contributed by atoms with Crippen LogP contribution >= 0.6 is 0 Å². The maximum Gasteiger partial charge on any atom is 0.146 e. The van der Waals surface area contributed by atoms with Gasteiger partial charge in [-0.2, -0.15) is 5.26 Å². The molecule has 0 fully saturated rings. The summed E-state index contributed by atoms with van der Waals surface area (Å²) in [6.07, 6.45) is 0. The molecule has 0 aliphatic carbocycles. The summed E-state index contributed by atoms with van der Waals surface area (Å²) in [5.41, 5.74) is 1.52. The van der Waals surface area contributed by atoms with Crippen LogP contribution in [0.15, 0.2) is 6.07 Å². The van der Waals surface area contributed by atoms with Crippen molar-refractivity contribution in [2.75, 3.05) is 24.7 Å². The zero-order valence-electron chi connectivity index (χ0n) is 7.97. The normalized spacial score (nSPS) is 9.08. The van der Waals surface area contributed by atoms with Crippen LogP contribution < -0.4 is 10.6 Å². The summed E-state index contributed by atoms with van der Waals surface area (Å²) in [5, 5.41) is 14.7. The van der Waals surface area contributed by atoms with E-state index < -0.39 is 0 Å². The van der Waals surface area contributed by atoms with Gasteiger partial charge in [-0.1, -0.05) is 0 Å². The quantitative estimate of drug-likeness (QED) is 0.714. The molecule has 68 valence electrons. The second-order valence-corrected chi connectivity index (χ2v) is 2.66. The molecule has 0 atom stereocenters. The van der Waals surface area contributed by atoms with E-state index >= 15 is 0 Å². The Bertz CT molecular complexity index is 351. The number of anilines is 2. The number of nitrogens with zero attached hydrogens (tertiary/aromatic N) is 2. The van der Waals surface area contributed by atoms with E-state index in [-0.39, 0.29) is 0 Å². The minimum Gasteiger partial charge on any atom is -0.373 e. The average Bonchev–Trinajstić information content (AvgIpc) is 2.16. The van der Waals surface area contributed by atoms with Crippen molar-refractivity contribution >= 4 is 11.6 Å². The van der Waals surface area contributed by atoms with Gasteiger partial charge < -0.3 is 10.6 Å². The van der Waals surface area contributed by atoms with Crippen molar-refractivity contribution < 1.29 is 0 Å². The molecule has 0 bridgehead atoms. The van der Waals surface area contributed by atoms with E-state index in [9.17, 15) is 0 Å². The van der Waals surface area contributed by atoms with Crippen LogP contribution in [0.5, 0.6) is 0 Å². The molecule has 0 spiro atoms. The highest BCUT2D eigenvalue weighted by Crippen LogP contribution is 2.19. The van der Waals surface area contributed by atoms with Crippen molar-refractivity contribution in [2.24, 2.45) is 0 Å². The van der Waals surface area contributed by atoms with Crippen LogP contribution in [-0.2, 0) is 0 Å². The molecule has 0 radical (unpaired) electrons. The van der Waals surface area contributed by atoms with E-state index in [4.69, 9.17) is 5.26 Å². The van der Waals surface area contributed by atoms with Crippen LogP contribution in [0.2, 0.25) is 0 Å². The van der Waals surface area contributed by atoms with Gasteiger partial charge in [0, 0.05) is 14.1 Å². The fourth-order valence-corrected chi connectivity index (χ4v) is 1.12. The van der Waals surface area contributed by atoms with Gasteiger partial charge in [0.1, 0.15) is 17.7 Å². The molecule has 1 rings (SSSR count). The van der Waals surface area contributed by atoms with Crippen LogP contribution in [-0.4, -0.2) is 19.1 Å². The molecule has 0 saturated heterocycles. The molecule has 1 aromatic heterocycles. The number of nitrogens with one attached hydrogen (secondary N) is 2. The number of hydrogen-bond donors (Lipinski definition) is 2. The third-order valence-electron chi connectivity index (χ3n) is 1.82. The molecule has 4 nitrogen and oxygen atoms in total. The maximum atomic E-state index is 8.84. The number of aromatic nitrogens is 1. The van der Waals surface area contributed by atoms with Crippen LogP contribution in [0.4, 0.5) is 11.6 Å². The van der Waals surface area contributed by atoms with Crippen molar-refractivity contribution in [3.05, 3.63) is 17.2 Å². The lowest BCUT2D eigenvalue weighted by molar-refractivity contribution is 1.21. The van der Waals surface area contributed by atoms with E-state index in [0.717, 1.165) is 11.4 Å². The van der Waals surface area contributed by atoms with Crippen LogP contribution in [0, 0.1) is 18.3 Å². The topological polar surface area (TPSA) is 60.7 Å². The zero-order valence-corrected chi connectivity index (χ0v) is 7.97. The van der Waals surface area contributed by atoms with E-state index in [2.05, 4.69) is 21.7 Å². The highest BCUT2D eigenvalue weighted by molar-refractivity contribution is 5.60. The molecule has 2 N–H and O–H groups in total. The number of hydrogen-bond acceptors (Lipinski definition) is 4. The molecular formula is C9H12N4. The molecule has 0 amide bonds. The van der Waals surface area contributed by atoms with E-state index in [1.807, 2.05) is 13.0 Å². The van der Waals surface area contributed by atoms with Crippen LogP contribution in [0.25, 0.3) is 0 Å². The lowest BCUT2D eigenvalue weighted by Crippen LogP contribution is -2.02. The summed E-state index contributed by atoms with van der Waals surface area (Å²) >= 11 is 0. The Balaban J connectivity index is 3.31. The first-order valence-electron chi connectivity index (χ1n) is 4.00. The van der Waals surface area contributed by atoms with Crippen molar-refractivity contribution in [2.45, 2.75) is 6.92 Å². The molecule has 0 unspecified atom stereocenters. The Kier molecular flexibility index (Phi) is 2.70. The van der Waals surface area contributed by atoms with Gasteiger partial charge in [0.2, 0.25) is 0 Å². The first-order valence-corrected chi connectivity index (χ1v) is 4.00. The summed E-state index contributed by atoms with van der Waals surface area (Å²) in [5.74, 6) is 1.38. The molecular weight excluding hydrogens is 164 g/mol. The van der Waals surface area contributed by atoms with E-state index in [0.29, 0.717) is 11.4 Å². The summed E-state index contributed by atoms with van der Waals surface area (Å²) in [6, 6.07) is 3.96. The molecule has 0 saturated carbocycles. The molecule has 0 aromatic carbocycles. The summed E-state index contributed by atoms with van der Waals surface area (Å²) in [6.45, 7) is 1.89. The number of rotatable bonds is 2. The van der Waals surface area contributed by atoms with Crippen molar-refractivity contribution in [3.63, 3.8) is 0 Å². The molecule has 1 heterocycles. The fraction of sp³-hybridized carbons (Fsp3) is 0.333. The molecule has 0 aliphatic heterocycles. The summed E-state index contributed by atoms with van der Waals surface area (Å²) in [4.78, 5) is 4.20. The monoisotopic (exact) mass is 176 g/mol. The zero-order chi connectivity index (χ0) is 9.84. The van der Waals surface area contributed by atoms with Crippen molar-refractivity contribution in [1.82, 2.24) is 4.98 Å². The van der Waals surface area contributed by atoms with Gasteiger partial charge >= 0.3 is 0 Å². The Morgan fingerprint density at radius 3 is 2.54 bits per heavy atom. The Labute approximate surface area is 77.6 Å². The van der Waals surface area contributed by atoms with Crippen LogP contribution in [0.3, 0.4) is 0 Å². The second-order valence-electron chi connectivity index (χ2n) is 2.66. The second kappa shape index (κ2) is 3.76. The van der Waals surface area contributed by atoms with Gasteiger partial charge in [0.05, 0.1) is 5.56 Å². The van der Waals surface area contributed by atoms with Gasteiger partial charge in [-0.25, -0.2) is 4.98 Å². The summed E-state index contributed by atoms with van der Waals surface area (Å²) < 4.78 is 0. The molecule has 4 heteroatoms. The van der Waals surface area contributed by atoms with Gasteiger partial charge in [-0.3, -0.25) is 0 Å². The van der Waals surface area contributed by atoms with Gasteiger partial charge in [0.15, 0.2) is 0 Å². The SMILES string of the molecule is CNc1cc(C)c(C#N)c(NC)n1. The molecule has 1 aromatic rings. The van der Waals surface area contributed by atoms with Gasteiger partial charge in [-0.05, 0) is 18.6 Å². The number of pyridine rings is 1. The maximum absolute atomic E-state index is 8.84. The standard InChI is InChI=1S/C9H12N4/c1-6-4-8(11-2)13-9(12-3)7(6)5-10/h4H,1-3H3,(H2,11,12,13). The average molecular weight is 176 g/mol. The first-order chi connectivity index (χ1) is 6.22. The fourth-order valence-electron chi connectivity index (χ4n) is 1.12. The van der Waals surface area contributed by atoms with Gasteiger partial charge in [-0.15, -0.1) is 0 Å². The predicted molar refractivity (Wildman–Crippen MR) is 52.8 cm³/mol. The highest BCUT2D eigenvalue weighted by atomic mass is 15.0. The third-order valence-corrected chi connectivity index (χ3v) is 1.82. The minimum absolute atomic E-state index is 0.599. The highest BCUT2D eigenvalue weighted by Gasteiger charge is 2.06. The smallest absolute Gasteiger partial charge is 0.146 e. The molecule has 0 aliphatic rings. The number of nitriles is 1. The van der Waals surface area contributed by atoms with Crippen molar-refractivity contribution in [1.29, 1.82) is 5.26 Å². The Morgan fingerprint density at radius 1 is 1.38 bits per heavy atom. The lowest BCUT2D eigenvalue weighted by atomic mass is 10.1. The van der Waals surface area contributed by atoms with Gasteiger partial charge in [0.25, 0.3) is 0 Å². The summed E-state index contributed by atoms with van der Waals surface area (Å²) in [7, 11) is 3.55. The third kappa shape index (κ3) is 1.70. The first kappa shape index (κ1) is 9.33. The van der Waals surface area contributed by atoms with E-state index in [1.54, 1.807) is 14.1 Å². The Hall–Kier alpha value is -1.76. The largest absolute Gasteiger partial charge is 0.373 e. The van der Waals surface area contributed by atoms with E-state index in [1.165, 1.54) is 0 Å². The Morgan fingerprint density at radius 2 is 2.08 bits per heavy atom. The predicted octanol–water partition coefficient (Wildman–Crippen LogP) is 1.35. The van der Waals surface area contributed by atoms with Crippen molar-refractivity contribution in [3.8, 4) is 6.07 Å². The van der Waals surface area contributed by atoms with Crippen LogP contribution in [0.1, 0.15) is 11.1 Å². The number of aryl methyl sites for hydroxylation is 1. The minimum atomic E-state index is 0.599. The molecule has 13 heavy (non-hydrogen) atoms.